The predicted octanol–water partition coefficient (Wildman–Crippen LogP) is 3.44. The molecule has 90 valence electrons. The summed E-state index contributed by atoms with van der Waals surface area (Å²) in [6.45, 7) is 2.97. The van der Waals surface area contributed by atoms with Crippen LogP contribution in [0.25, 0.3) is 0 Å². The van der Waals surface area contributed by atoms with E-state index in [1.807, 2.05) is 11.4 Å². The lowest BCUT2D eigenvalue weighted by Gasteiger charge is -2.23. The first-order valence-corrected chi connectivity index (χ1v) is 6.99. The molecule has 0 aliphatic carbocycles. The summed E-state index contributed by atoms with van der Waals surface area (Å²) in [5, 5.41) is 12.1. The largest absolute Gasteiger partial charge is 0.388 e. The number of rotatable bonds is 4. The fourth-order valence-corrected chi connectivity index (χ4v) is 3.03. The van der Waals surface area contributed by atoms with Gasteiger partial charge in [-0.15, -0.1) is 11.3 Å². The maximum absolute atomic E-state index is 10.1. The third-order valence-corrected chi connectivity index (χ3v) is 4.16. The topological polar surface area (TPSA) is 29.5 Å². The summed E-state index contributed by atoms with van der Waals surface area (Å²) in [7, 11) is 0. The molecule has 0 saturated carbocycles. The smallest absolute Gasteiger partial charge is 0.0801 e. The van der Waals surface area contributed by atoms with Gasteiger partial charge in [-0.2, -0.15) is 0 Å². The highest BCUT2D eigenvalue weighted by Gasteiger charge is 2.17. The molecule has 2 rings (SSSR count). The zero-order valence-corrected chi connectivity index (χ0v) is 10.6. The third kappa shape index (κ3) is 3.06. The molecule has 3 heteroatoms. The van der Waals surface area contributed by atoms with E-state index in [1.54, 1.807) is 11.3 Å². The van der Waals surface area contributed by atoms with Crippen molar-refractivity contribution in [2.45, 2.75) is 51.2 Å². The molecule has 1 fully saturated rings. The van der Waals surface area contributed by atoms with Crippen molar-refractivity contribution in [1.82, 2.24) is 0 Å². The first-order chi connectivity index (χ1) is 7.77. The van der Waals surface area contributed by atoms with Crippen LogP contribution < -0.4 is 0 Å². The summed E-state index contributed by atoms with van der Waals surface area (Å²) in [5.41, 5.74) is 1.10. The second-order valence-corrected chi connectivity index (χ2v) is 5.63. The Balaban J connectivity index is 1.79. The average Bonchev–Trinajstić information content (AvgIpc) is 2.74. The Kier molecular flexibility index (Phi) is 4.38. The second-order valence-electron chi connectivity index (χ2n) is 4.51. The molecule has 1 N–H and O–H groups in total. The quantitative estimate of drug-likeness (QED) is 0.873. The first kappa shape index (κ1) is 12.1. The number of hydrogen-bond donors (Lipinski definition) is 1. The van der Waals surface area contributed by atoms with E-state index in [0.29, 0.717) is 6.10 Å². The van der Waals surface area contributed by atoms with Gasteiger partial charge in [-0.3, -0.25) is 0 Å². The molecule has 0 bridgehead atoms. The van der Waals surface area contributed by atoms with E-state index in [0.717, 1.165) is 31.4 Å². The number of aliphatic hydroxyl groups excluding tert-OH is 1. The van der Waals surface area contributed by atoms with E-state index in [1.165, 1.54) is 17.7 Å². The van der Waals surface area contributed by atoms with Gasteiger partial charge in [0.1, 0.15) is 0 Å². The van der Waals surface area contributed by atoms with Crippen molar-refractivity contribution in [3.63, 3.8) is 0 Å². The Hall–Kier alpha value is -0.380. The molecular weight excluding hydrogens is 220 g/mol. The van der Waals surface area contributed by atoms with Gasteiger partial charge in [-0.05, 0) is 56.0 Å². The van der Waals surface area contributed by atoms with Crippen LogP contribution in [0.3, 0.4) is 0 Å². The van der Waals surface area contributed by atoms with Crippen molar-refractivity contribution >= 4 is 11.3 Å². The molecule has 2 nitrogen and oxygen atoms in total. The van der Waals surface area contributed by atoms with Gasteiger partial charge in [0.05, 0.1) is 12.2 Å². The highest BCUT2D eigenvalue weighted by atomic mass is 32.1. The lowest BCUT2D eigenvalue weighted by atomic mass is 10.00. The average molecular weight is 240 g/mol. The van der Waals surface area contributed by atoms with Gasteiger partial charge >= 0.3 is 0 Å². The summed E-state index contributed by atoms with van der Waals surface area (Å²) in [6.07, 6.45) is 5.51. The maximum atomic E-state index is 10.1. The second kappa shape index (κ2) is 5.80. The molecule has 16 heavy (non-hydrogen) atoms. The van der Waals surface area contributed by atoms with Gasteiger partial charge in [-0.1, -0.05) is 0 Å². The molecule has 2 unspecified atom stereocenters. The summed E-state index contributed by atoms with van der Waals surface area (Å²) < 4.78 is 5.67. The van der Waals surface area contributed by atoms with Gasteiger partial charge in [0.15, 0.2) is 0 Å². The van der Waals surface area contributed by atoms with Crippen molar-refractivity contribution in [1.29, 1.82) is 0 Å². The van der Waals surface area contributed by atoms with Crippen molar-refractivity contribution in [3.8, 4) is 0 Å². The van der Waals surface area contributed by atoms with Gasteiger partial charge in [-0.25, -0.2) is 0 Å². The molecule has 0 radical (unpaired) electrons. The van der Waals surface area contributed by atoms with Crippen LogP contribution in [0.15, 0.2) is 11.4 Å². The minimum absolute atomic E-state index is 0.309. The van der Waals surface area contributed by atoms with Crippen LogP contribution in [-0.2, 0) is 4.74 Å². The van der Waals surface area contributed by atoms with Crippen molar-refractivity contribution < 1.29 is 9.84 Å². The fraction of sp³-hybridized carbons (Fsp3) is 0.692. The van der Waals surface area contributed by atoms with Crippen LogP contribution >= 0.6 is 11.3 Å². The normalized spacial score (nSPS) is 23.2. The lowest BCUT2D eigenvalue weighted by molar-refractivity contribution is 0.00212. The predicted molar refractivity (Wildman–Crippen MR) is 66.8 cm³/mol. The van der Waals surface area contributed by atoms with Gasteiger partial charge in [0.2, 0.25) is 0 Å². The van der Waals surface area contributed by atoms with E-state index in [2.05, 4.69) is 6.92 Å². The zero-order valence-electron chi connectivity index (χ0n) is 9.82. The van der Waals surface area contributed by atoms with E-state index in [4.69, 9.17) is 4.74 Å². The SMILES string of the molecule is Cc1sccc1C(O)CCC1CCCCO1. The minimum Gasteiger partial charge on any atom is -0.388 e. The molecule has 0 amide bonds. The van der Waals surface area contributed by atoms with Crippen LogP contribution in [0.1, 0.15) is 48.6 Å². The summed E-state index contributed by atoms with van der Waals surface area (Å²) >= 11 is 1.70. The number of aryl methyl sites for hydroxylation is 1. The van der Waals surface area contributed by atoms with E-state index >= 15 is 0 Å². The Labute approximate surface area is 101 Å². The molecule has 0 aromatic carbocycles. The van der Waals surface area contributed by atoms with Crippen molar-refractivity contribution in [2.75, 3.05) is 6.61 Å². The fourth-order valence-electron chi connectivity index (χ4n) is 2.27. The lowest BCUT2D eigenvalue weighted by Crippen LogP contribution is -2.19. The Bertz CT molecular complexity index is 315. The summed E-state index contributed by atoms with van der Waals surface area (Å²) in [4.78, 5) is 1.23. The molecule has 1 aromatic rings. The Morgan fingerprint density at radius 3 is 3.06 bits per heavy atom. The summed E-state index contributed by atoms with van der Waals surface area (Å²) in [6, 6.07) is 2.03. The number of aliphatic hydroxyl groups is 1. The third-order valence-electron chi connectivity index (χ3n) is 3.29. The van der Waals surface area contributed by atoms with Gasteiger partial charge < -0.3 is 9.84 Å². The Morgan fingerprint density at radius 1 is 1.56 bits per heavy atom. The van der Waals surface area contributed by atoms with Crippen molar-refractivity contribution in [2.24, 2.45) is 0 Å². The molecule has 1 aliphatic rings. The van der Waals surface area contributed by atoms with Crippen LogP contribution in [0.2, 0.25) is 0 Å². The number of thiophene rings is 1. The maximum Gasteiger partial charge on any atom is 0.0801 e. The molecule has 2 heterocycles. The standard InChI is InChI=1S/C13H20O2S/c1-10-12(7-9-16-10)13(14)6-5-11-4-2-3-8-15-11/h7,9,11,13-14H,2-6,8H2,1H3. The van der Waals surface area contributed by atoms with Crippen molar-refractivity contribution in [3.05, 3.63) is 21.9 Å². The van der Waals surface area contributed by atoms with Crippen LogP contribution in [0.5, 0.6) is 0 Å². The monoisotopic (exact) mass is 240 g/mol. The molecular formula is C13H20O2S. The number of hydrogen-bond acceptors (Lipinski definition) is 3. The Morgan fingerprint density at radius 2 is 2.44 bits per heavy atom. The highest BCUT2D eigenvalue weighted by molar-refractivity contribution is 7.10. The van der Waals surface area contributed by atoms with Gasteiger partial charge in [0, 0.05) is 11.5 Å². The molecule has 1 aliphatic heterocycles. The summed E-state index contributed by atoms with van der Waals surface area (Å²) in [5.74, 6) is 0. The van der Waals surface area contributed by atoms with Crippen LogP contribution in [-0.4, -0.2) is 17.8 Å². The van der Waals surface area contributed by atoms with E-state index in [-0.39, 0.29) is 6.10 Å². The molecule has 2 atom stereocenters. The van der Waals surface area contributed by atoms with Crippen LogP contribution in [0.4, 0.5) is 0 Å². The minimum atomic E-state index is -0.309. The highest BCUT2D eigenvalue weighted by Crippen LogP contribution is 2.28. The van der Waals surface area contributed by atoms with E-state index < -0.39 is 0 Å². The zero-order chi connectivity index (χ0) is 11.4. The molecule has 1 aromatic heterocycles. The molecule has 1 saturated heterocycles. The van der Waals surface area contributed by atoms with E-state index in [9.17, 15) is 5.11 Å². The first-order valence-electron chi connectivity index (χ1n) is 6.11. The number of ether oxygens (including phenoxy) is 1. The van der Waals surface area contributed by atoms with Gasteiger partial charge in [0.25, 0.3) is 0 Å². The molecule has 0 spiro atoms. The van der Waals surface area contributed by atoms with Crippen LogP contribution in [0, 0.1) is 6.92 Å².